The first-order chi connectivity index (χ1) is 18.1. The van der Waals surface area contributed by atoms with Crippen LogP contribution in [0.25, 0.3) is 10.9 Å². The van der Waals surface area contributed by atoms with Gasteiger partial charge in [0.2, 0.25) is 0 Å². The molecule has 1 saturated heterocycles. The molecule has 3 aromatic rings. The summed E-state index contributed by atoms with van der Waals surface area (Å²) in [5, 5.41) is 10.2. The summed E-state index contributed by atoms with van der Waals surface area (Å²) in [4.78, 5) is 6.84. The molecule has 2 N–H and O–H groups in total. The molecule has 0 saturated carbocycles. The Balaban J connectivity index is 1.52. The molecule has 1 aromatic heterocycles. The third-order valence-corrected chi connectivity index (χ3v) is 7.57. The minimum atomic E-state index is -2.02. The number of ether oxygens (including phenoxy) is 1. The van der Waals surface area contributed by atoms with Gasteiger partial charge in [-0.1, -0.05) is 0 Å². The lowest BCUT2D eigenvalue weighted by Crippen LogP contribution is -2.53. The van der Waals surface area contributed by atoms with Crippen molar-refractivity contribution in [1.29, 1.82) is 0 Å². The molecule has 0 spiro atoms. The van der Waals surface area contributed by atoms with E-state index in [2.05, 4.69) is 4.98 Å². The fourth-order valence-electron chi connectivity index (χ4n) is 5.66. The number of aliphatic hydroxyl groups is 1. The number of fused-ring (bicyclic) bond motifs is 3. The largest absolute Gasteiger partial charge is 0.488 e. The average Bonchev–Trinajstić information content (AvgIpc) is 3.18. The van der Waals surface area contributed by atoms with Crippen LogP contribution in [0.4, 0.5) is 22.0 Å². The van der Waals surface area contributed by atoms with Gasteiger partial charge in [-0.2, -0.15) is 0 Å². The lowest BCUT2D eigenvalue weighted by atomic mass is 9.87. The molecule has 1 unspecified atom stereocenters. The second-order valence-electron chi connectivity index (χ2n) is 10.7. The molecule has 1 fully saturated rings. The molecule has 38 heavy (non-hydrogen) atoms. The minimum absolute atomic E-state index is 0.0407. The molecule has 10 heteroatoms. The van der Waals surface area contributed by atoms with Crippen LogP contribution in [0.5, 0.6) is 5.75 Å². The quantitative estimate of drug-likeness (QED) is 0.375. The van der Waals surface area contributed by atoms with E-state index < -0.39 is 42.4 Å². The smallest absolute Gasteiger partial charge is 0.143 e. The number of rotatable bonds is 9. The average molecular weight is 538 g/mol. The van der Waals surface area contributed by atoms with Crippen molar-refractivity contribution in [2.45, 2.75) is 50.5 Å². The van der Waals surface area contributed by atoms with Crippen molar-refractivity contribution in [2.24, 2.45) is 0 Å². The van der Waals surface area contributed by atoms with Crippen molar-refractivity contribution >= 4 is 10.9 Å². The van der Waals surface area contributed by atoms with Gasteiger partial charge in [-0.15, -0.1) is 0 Å². The maximum Gasteiger partial charge on any atom is 0.143 e. The van der Waals surface area contributed by atoms with Gasteiger partial charge < -0.3 is 14.8 Å². The summed E-state index contributed by atoms with van der Waals surface area (Å²) in [7, 11) is 0. The molecule has 3 atom stereocenters. The number of hydrogen-bond acceptors (Lipinski definition) is 4. The monoisotopic (exact) mass is 537 g/mol. The number of nitrogens with one attached hydrogen (secondary N) is 1. The summed E-state index contributed by atoms with van der Waals surface area (Å²) in [5.74, 6) is -2.09. The van der Waals surface area contributed by atoms with Gasteiger partial charge in [0.15, 0.2) is 0 Å². The predicted octanol–water partition coefficient (Wildman–Crippen LogP) is 5.06. The van der Waals surface area contributed by atoms with E-state index in [-0.39, 0.29) is 30.0 Å². The molecule has 2 aliphatic rings. The highest BCUT2D eigenvalue weighted by molar-refractivity contribution is 5.85. The maximum atomic E-state index is 15.7. The van der Waals surface area contributed by atoms with Crippen LogP contribution in [0.1, 0.15) is 43.1 Å². The van der Waals surface area contributed by atoms with E-state index in [0.717, 1.165) is 17.7 Å². The Morgan fingerprint density at radius 2 is 1.84 bits per heavy atom. The Morgan fingerprint density at radius 1 is 1.13 bits per heavy atom. The highest BCUT2D eigenvalue weighted by Gasteiger charge is 2.42. The summed E-state index contributed by atoms with van der Waals surface area (Å²) in [6.07, 6.45) is 0.580. The van der Waals surface area contributed by atoms with E-state index in [1.54, 1.807) is 11.0 Å². The van der Waals surface area contributed by atoms with Crippen molar-refractivity contribution in [3.63, 3.8) is 0 Å². The van der Waals surface area contributed by atoms with Crippen LogP contribution in [0.15, 0.2) is 30.3 Å². The van der Waals surface area contributed by atoms with Crippen LogP contribution in [0.2, 0.25) is 0 Å². The van der Waals surface area contributed by atoms with Crippen LogP contribution in [-0.4, -0.2) is 77.2 Å². The van der Waals surface area contributed by atoms with E-state index in [9.17, 15) is 13.9 Å². The zero-order valence-corrected chi connectivity index (χ0v) is 21.4. The number of aliphatic hydroxyl groups excluding tert-OH is 1. The summed E-state index contributed by atoms with van der Waals surface area (Å²) in [6, 6.07) is 5.11. The van der Waals surface area contributed by atoms with Gasteiger partial charge in [-0.05, 0) is 50.5 Å². The zero-order chi connectivity index (χ0) is 27.2. The Hall–Kier alpha value is -2.69. The molecule has 0 amide bonds. The molecule has 206 valence electrons. The molecular formula is C28H32F5N3O2. The van der Waals surface area contributed by atoms with Crippen molar-refractivity contribution in [2.75, 3.05) is 39.5 Å². The fourth-order valence-corrected chi connectivity index (χ4v) is 5.66. The predicted molar refractivity (Wildman–Crippen MR) is 134 cm³/mol. The standard InChI is InChI=1S/C28H32F5N3O2/c1-16-8-21-20-9-17(30)4-5-24(20)34-26(21)27(36(16)14-28(2,33)15-37)25-22(31)10-18(11-23(25)32)38-19-12-35(13-19)7-3-6-29/h4-5,9-11,16,19,27,34,37H,3,6-8,12-15H2,1-2H3/t16-,27-,28?/m0/s1. The molecular weight excluding hydrogens is 505 g/mol. The number of likely N-dealkylation sites (tertiary alicyclic amines) is 1. The first-order valence-electron chi connectivity index (χ1n) is 12.9. The van der Waals surface area contributed by atoms with Crippen LogP contribution < -0.4 is 4.74 Å². The highest BCUT2D eigenvalue weighted by Crippen LogP contribution is 2.44. The fraction of sp³-hybridized carbons (Fsp3) is 0.500. The van der Waals surface area contributed by atoms with Crippen LogP contribution in [-0.2, 0) is 6.42 Å². The molecule has 0 radical (unpaired) electrons. The molecule has 5 nitrogen and oxygen atoms in total. The van der Waals surface area contributed by atoms with Crippen LogP contribution in [0.3, 0.4) is 0 Å². The second kappa shape index (κ2) is 10.5. The van der Waals surface area contributed by atoms with Gasteiger partial charge >= 0.3 is 0 Å². The molecule has 0 aliphatic carbocycles. The van der Waals surface area contributed by atoms with E-state index in [1.807, 2.05) is 11.8 Å². The van der Waals surface area contributed by atoms with Crippen LogP contribution >= 0.6 is 0 Å². The highest BCUT2D eigenvalue weighted by atomic mass is 19.2. The number of alkyl halides is 2. The lowest BCUT2D eigenvalue weighted by Gasteiger charge is -2.43. The van der Waals surface area contributed by atoms with Crippen molar-refractivity contribution in [3.8, 4) is 5.75 Å². The van der Waals surface area contributed by atoms with Gasteiger partial charge in [0.05, 0.1) is 19.3 Å². The van der Waals surface area contributed by atoms with E-state index in [1.165, 1.54) is 19.1 Å². The van der Waals surface area contributed by atoms with Gasteiger partial charge in [0.1, 0.15) is 35.0 Å². The van der Waals surface area contributed by atoms with Crippen LogP contribution in [0, 0.1) is 17.5 Å². The first-order valence-corrected chi connectivity index (χ1v) is 12.9. The third kappa shape index (κ3) is 5.13. The van der Waals surface area contributed by atoms with Gasteiger partial charge in [-0.25, -0.2) is 17.6 Å². The zero-order valence-electron chi connectivity index (χ0n) is 21.4. The summed E-state index contributed by atoms with van der Waals surface area (Å²) in [5.41, 5.74) is -0.491. The summed E-state index contributed by atoms with van der Waals surface area (Å²) >= 11 is 0. The van der Waals surface area contributed by atoms with E-state index in [4.69, 9.17) is 4.74 Å². The summed E-state index contributed by atoms with van der Waals surface area (Å²) in [6.45, 7) is 3.33. The normalized spacial score (nSPS) is 22.3. The molecule has 2 aliphatic heterocycles. The minimum Gasteiger partial charge on any atom is -0.488 e. The number of benzene rings is 2. The number of halogens is 5. The summed E-state index contributed by atoms with van der Waals surface area (Å²) < 4.78 is 78.8. The first kappa shape index (κ1) is 26.9. The Morgan fingerprint density at radius 3 is 2.50 bits per heavy atom. The third-order valence-electron chi connectivity index (χ3n) is 7.57. The molecule has 2 aromatic carbocycles. The number of H-pyrrole nitrogens is 1. The van der Waals surface area contributed by atoms with Crippen molar-refractivity contribution in [3.05, 3.63) is 64.6 Å². The Kier molecular flexibility index (Phi) is 7.41. The number of hydrogen-bond donors (Lipinski definition) is 2. The van der Waals surface area contributed by atoms with Gasteiger partial charge in [0.25, 0.3) is 0 Å². The SMILES string of the molecule is C[C@H]1Cc2c([nH]c3ccc(F)cc23)[C@H](c2c(F)cc(OC3CN(CCCF)C3)cc2F)N1CC(C)(F)CO. The molecule has 3 heterocycles. The molecule has 0 bridgehead atoms. The number of aromatic amines is 1. The maximum absolute atomic E-state index is 15.7. The van der Waals surface area contributed by atoms with Crippen molar-refractivity contribution in [1.82, 2.24) is 14.8 Å². The van der Waals surface area contributed by atoms with Gasteiger partial charge in [-0.3, -0.25) is 14.2 Å². The number of aromatic nitrogens is 1. The lowest BCUT2D eigenvalue weighted by molar-refractivity contribution is 0.0151. The van der Waals surface area contributed by atoms with E-state index >= 15 is 13.2 Å². The van der Waals surface area contributed by atoms with Gasteiger partial charge in [0, 0.05) is 66.5 Å². The second-order valence-corrected chi connectivity index (χ2v) is 10.7. The molecule has 5 rings (SSSR count). The van der Waals surface area contributed by atoms with E-state index in [0.29, 0.717) is 49.1 Å². The topological polar surface area (TPSA) is 51.7 Å². The number of nitrogens with zero attached hydrogens (tertiary/aromatic N) is 2. The van der Waals surface area contributed by atoms with Crippen molar-refractivity contribution < 1.29 is 31.8 Å². The Labute approximate surface area is 218 Å². The Bertz CT molecular complexity index is 1280.